The zero-order valence-electron chi connectivity index (χ0n) is 12.4. The average molecular weight is 301 g/mol. The van der Waals surface area contributed by atoms with E-state index in [0.29, 0.717) is 12.2 Å². The highest BCUT2D eigenvalue weighted by atomic mass is 16.5. The number of aliphatic hydroxyl groups is 1. The molecule has 2 atom stereocenters. The molecule has 2 heterocycles. The zero-order chi connectivity index (χ0) is 16.0. The number of carboxylic acids is 2. The summed E-state index contributed by atoms with van der Waals surface area (Å²) in [5.74, 6) is -2.51. The van der Waals surface area contributed by atoms with Crippen LogP contribution in [0.15, 0.2) is 12.2 Å². The Kier molecular flexibility index (Phi) is 6.32. The molecule has 0 aromatic rings. The van der Waals surface area contributed by atoms with Crippen LogP contribution in [0.1, 0.15) is 26.2 Å². The zero-order valence-corrected chi connectivity index (χ0v) is 12.4. The van der Waals surface area contributed by atoms with Gasteiger partial charge in [0.05, 0.1) is 17.8 Å². The van der Waals surface area contributed by atoms with Crippen LogP contribution >= 0.6 is 0 Å². The highest BCUT2D eigenvalue weighted by molar-refractivity contribution is 5.89. The lowest BCUT2D eigenvalue weighted by molar-refractivity contribution is -0.134. The Labute approximate surface area is 123 Å². The molecule has 0 saturated carbocycles. The van der Waals surface area contributed by atoms with Crippen molar-refractivity contribution in [3.63, 3.8) is 0 Å². The van der Waals surface area contributed by atoms with E-state index in [1.54, 1.807) is 0 Å². The number of aliphatic hydroxyl groups excluding tert-OH is 1. The van der Waals surface area contributed by atoms with Crippen LogP contribution in [-0.2, 0) is 14.3 Å². The summed E-state index contributed by atoms with van der Waals surface area (Å²) in [6, 6.07) is 0. The minimum absolute atomic E-state index is 0.202. The first-order valence-electron chi connectivity index (χ1n) is 6.93. The van der Waals surface area contributed by atoms with Crippen molar-refractivity contribution >= 4 is 11.9 Å². The number of nitrogens with zero attached hydrogens (tertiary/aromatic N) is 1. The van der Waals surface area contributed by atoms with Gasteiger partial charge in [0.15, 0.2) is 0 Å². The Bertz CT molecular complexity index is 384. The quantitative estimate of drug-likeness (QED) is 0.631. The Hall–Kier alpha value is -1.44. The topological polar surface area (TPSA) is 107 Å². The predicted molar refractivity (Wildman–Crippen MR) is 75.0 cm³/mol. The van der Waals surface area contributed by atoms with Gasteiger partial charge in [0.25, 0.3) is 0 Å². The summed E-state index contributed by atoms with van der Waals surface area (Å²) < 4.78 is 5.87. The second-order valence-electron chi connectivity index (χ2n) is 5.56. The Morgan fingerprint density at radius 1 is 1.19 bits per heavy atom. The predicted octanol–water partition coefficient (Wildman–Crippen LogP) is 0.332. The molecule has 2 aliphatic rings. The number of carbonyl (C=O) groups is 2. The number of rotatable bonds is 2. The van der Waals surface area contributed by atoms with Crippen LogP contribution in [0, 0.1) is 0 Å². The maximum Gasteiger partial charge on any atom is 0.328 e. The van der Waals surface area contributed by atoms with E-state index >= 15 is 0 Å². The van der Waals surface area contributed by atoms with Gasteiger partial charge < -0.3 is 25.0 Å². The molecule has 0 aromatic carbocycles. The summed E-state index contributed by atoms with van der Waals surface area (Å²) in [4.78, 5) is 21.4. The number of aliphatic carboxylic acids is 2. The van der Waals surface area contributed by atoms with E-state index in [1.807, 2.05) is 0 Å². The van der Waals surface area contributed by atoms with E-state index in [2.05, 4.69) is 18.9 Å². The third-order valence-electron chi connectivity index (χ3n) is 3.80. The molecule has 0 amide bonds. The average Bonchev–Trinajstić information content (AvgIpc) is 2.66. The third-order valence-corrected chi connectivity index (χ3v) is 3.80. The van der Waals surface area contributed by atoms with Crippen LogP contribution in [-0.4, -0.2) is 70.1 Å². The maximum atomic E-state index is 9.92. The van der Waals surface area contributed by atoms with Crippen molar-refractivity contribution in [2.75, 3.05) is 20.1 Å². The van der Waals surface area contributed by atoms with Crippen LogP contribution in [0.3, 0.4) is 0 Å². The van der Waals surface area contributed by atoms with Gasteiger partial charge in [-0.05, 0) is 26.8 Å². The van der Waals surface area contributed by atoms with Crippen molar-refractivity contribution in [1.29, 1.82) is 0 Å². The molecule has 3 N–H and O–H groups in total. The molecule has 2 saturated heterocycles. The summed E-state index contributed by atoms with van der Waals surface area (Å²) >= 11 is 0. The van der Waals surface area contributed by atoms with Crippen molar-refractivity contribution in [3.05, 3.63) is 12.2 Å². The van der Waals surface area contributed by atoms with E-state index in [-0.39, 0.29) is 17.8 Å². The molecule has 0 radical (unpaired) electrons. The second-order valence-corrected chi connectivity index (χ2v) is 5.56. The summed E-state index contributed by atoms with van der Waals surface area (Å²) in [7, 11) is 2.12. The Balaban J connectivity index is 0.000000240. The van der Waals surface area contributed by atoms with Crippen LogP contribution in [0.25, 0.3) is 0 Å². The van der Waals surface area contributed by atoms with E-state index in [0.717, 1.165) is 32.4 Å². The first-order valence-corrected chi connectivity index (χ1v) is 6.93. The van der Waals surface area contributed by atoms with Gasteiger partial charge in [-0.25, -0.2) is 9.59 Å². The van der Waals surface area contributed by atoms with Gasteiger partial charge in [0.2, 0.25) is 0 Å². The van der Waals surface area contributed by atoms with E-state index in [9.17, 15) is 14.7 Å². The molecular formula is C14H23NO6. The van der Waals surface area contributed by atoms with Crippen LogP contribution < -0.4 is 0 Å². The summed E-state index contributed by atoms with van der Waals surface area (Å²) in [5.41, 5.74) is -0.202. The molecule has 0 bridgehead atoms. The van der Waals surface area contributed by atoms with E-state index in [4.69, 9.17) is 14.9 Å². The fourth-order valence-corrected chi connectivity index (χ4v) is 2.65. The fraction of sp³-hybridized carbons (Fsp3) is 0.714. The number of ether oxygens (including phenoxy) is 1. The maximum absolute atomic E-state index is 9.92. The molecule has 2 rings (SSSR count). The van der Waals surface area contributed by atoms with E-state index in [1.165, 1.54) is 0 Å². The molecule has 7 nitrogen and oxygen atoms in total. The molecule has 120 valence electrons. The molecule has 2 fully saturated rings. The number of hydrogen-bond acceptors (Lipinski definition) is 5. The summed E-state index contributed by atoms with van der Waals surface area (Å²) in [6.45, 7) is 4.14. The highest BCUT2D eigenvalue weighted by Gasteiger charge is 2.47. The molecule has 2 unspecified atom stereocenters. The first kappa shape index (κ1) is 17.6. The van der Waals surface area contributed by atoms with Crippen molar-refractivity contribution in [2.45, 2.75) is 44.0 Å². The minimum atomic E-state index is -1.26. The molecule has 2 aliphatic heterocycles. The van der Waals surface area contributed by atoms with E-state index < -0.39 is 11.9 Å². The molecule has 21 heavy (non-hydrogen) atoms. The number of carboxylic acid groups (broad SMARTS) is 2. The van der Waals surface area contributed by atoms with Gasteiger partial charge in [-0.3, -0.25) is 0 Å². The number of likely N-dealkylation sites (tertiary alicyclic amines) is 1. The Morgan fingerprint density at radius 2 is 1.67 bits per heavy atom. The molecule has 0 aromatic heterocycles. The standard InChI is InChI=1S/C10H19NO2.C4H4O4/c1-8-7-9(12)10(13-8)3-5-11(2)6-4-10;5-3(6)1-2-4(7)8/h8-9,12H,3-7H2,1-2H3;1-2H,(H,5,6)(H,7,8)/b;2-1+. The van der Waals surface area contributed by atoms with Gasteiger partial charge in [0.1, 0.15) is 0 Å². The van der Waals surface area contributed by atoms with Crippen molar-refractivity contribution in [1.82, 2.24) is 4.90 Å². The van der Waals surface area contributed by atoms with Crippen molar-refractivity contribution < 1.29 is 29.6 Å². The monoisotopic (exact) mass is 301 g/mol. The minimum Gasteiger partial charge on any atom is -0.478 e. The second kappa shape index (κ2) is 7.53. The van der Waals surface area contributed by atoms with Crippen molar-refractivity contribution in [3.8, 4) is 0 Å². The van der Waals surface area contributed by atoms with Gasteiger partial charge in [-0.2, -0.15) is 0 Å². The largest absolute Gasteiger partial charge is 0.478 e. The van der Waals surface area contributed by atoms with Crippen LogP contribution in [0.5, 0.6) is 0 Å². The van der Waals surface area contributed by atoms with Crippen LogP contribution in [0.2, 0.25) is 0 Å². The number of piperidine rings is 1. The number of hydrogen-bond donors (Lipinski definition) is 3. The molecule has 0 aliphatic carbocycles. The molecule has 7 heteroatoms. The molecular weight excluding hydrogens is 278 g/mol. The smallest absolute Gasteiger partial charge is 0.328 e. The van der Waals surface area contributed by atoms with Crippen molar-refractivity contribution in [2.24, 2.45) is 0 Å². The Morgan fingerprint density at radius 3 is 2.00 bits per heavy atom. The summed E-state index contributed by atoms with van der Waals surface area (Å²) in [5, 5.41) is 25.5. The normalized spacial score (nSPS) is 28.3. The lowest BCUT2D eigenvalue weighted by Gasteiger charge is -2.39. The fourth-order valence-electron chi connectivity index (χ4n) is 2.65. The lowest BCUT2D eigenvalue weighted by Crippen LogP contribution is -2.48. The van der Waals surface area contributed by atoms with Gasteiger partial charge in [-0.1, -0.05) is 0 Å². The summed E-state index contributed by atoms with van der Waals surface area (Å²) in [6.07, 6.45) is 3.88. The van der Waals surface area contributed by atoms with Gasteiger partial charge >= 0.3 is 11.9 Å². The first-order chi connectivity index (χ1) is 9.75. The van der Waals surface area contributed by atoms with Crippen LogP contribution in [0.4, 0.5) is 0 Å². The SMILES string of the molecule is CC1CC(O)C2(CCN(C)CC2)O1.O=C(O)/C=C/C(=O)O. The highest BCUT2D eigenvalue weighted by Crippen LogP contribution is 2.38. The molecule has 1 spiro atoms. The lowest BCUT2D eigenvalue weighted by atomic mass is 9.86. The third kappa shape index (κ3) is 5.45. The van der Waals surface area contributed by atoms with Gasteiger partial charge in [-0.15, -0.1) is 0 Å². The van der Waals surface area contributed by atoms with Gasteiger partial charge in [0, 0.05) is 31.7 Å².